The maximum Gasteiger partial charge on any atom is 0.143 e. The van der Waals surface area contributed by atoms with E-state index in [2.05, 4.69) is 49.0 Å². The Morgan fingerprint density at radius 2 is 1.76 bits per heavy atom. The van der Waals surface area contributed by atoms with Gasteiger partial charge in [0, 0.05) is 32.2 Å². The standard InChI is InChI=1S/C12H16Br2N2O/c1-8(16-4-2-15-3-5-16)9-6-10(13)12(17)11(14)7-9/h6-8,15,17H,2-5H2,1H3/t8-/m1/s1. The maximum absolute atomic E-state index is 9.71. The molecule has 1 aromatic rings. The molecule has 0 spiro atoms. The highest BCUT2D eigenvalue weighted by Gasteiger charge is 2.19. The number of piperazine rings is 1. The summed E-state index contributed by atoms with van der Waals surface area (Å²) in [7, 11) is 0. The van der Waals surface area contributed by atoms with E-state index in [1.165, 1.54) is 5.56 Å². The number of nitrogens with one attached hydrogen (secondary N) is 1. The fraction of sp³-hybridized carbons (Fsp3) is 0.500. The first kappa shape index (κ1) is 13.3. The van der Waals surface area contributed by atoms with Crippen molar-refractivity contribution in [3.05, 3.63) is 26.6 Å². The molecular formula is C12H16Br2N2O. The van der Waals surface area contributed by atoms with Crippen molar-refractivity contribution in [3.8, 4) is 5.75 Å². The van der Waals surface area contributed by atoms with Gasteiger partial charge >= 0.3 is 0 Å². The van der Waals surface area contributed by atoms with Gasteiger partial charge in [-0.1, -0.05) is 0 Å². The number of hydrogen-bond acceptors (Lipinski definition) is 3. The van der Waals surface area contributed by atoms with E-state index in [9.17, 15) is 5.11 Å². The summed E-state index contributed by atoms with van der Waals surface area (Å²) in [4.78, 5) is 2.45. The van der Waals surface area contributed by atoms with Crippen molar-refractivity contribution in [2.45, 2.75) is 13.0 Å². The molecule has 0 aromatic heterocycles. The molecule has 1 aliphatic heterocycles. The van der Waals surface area contributed by atoms with Crippen LogP contribution in [0.5, 0.6) is 5.75 Å². The second kappa shape index (κ2) is 5.69. The Morgan fingerprint density at radius 1 is 1.24 bits per heavy atom. The largest absolute Gasteiger partial charge is 0.506 e. The Bertz CT molecular complexity index is 382. The predicted molar refractivity (Wildman–Crippen MR) is 76.4 cm³/mol. The zero-order chi connectivity index (χ0) is 12.4. The third-order valence-corrected chi connectivity index (χ3v) is 4.43. The summed E-state index contributed by atoms with van der Waals surface area (Å²) in [6.07, 6.45) is 0. The van der Waals surface area contributed by atoms with Crippen LogP contribution in [-0.2, 0) is 0 Å². The van der Waals surface area contributed by atoms with E-state index in [0.29, 0.717) is 6.04 Å². The number of phenolic OH excluding ortho intramolecular Hbond substituents is 1. The van der Waals surface area contributed by atoms with Crippen LogP contribution in [0.25, 0.3) is 0 Å². The van der Waals surface area contributed by atoms with Gasteiger partial charge in [0.1, 0.15) is 5.75 Å². The lowest BCUT2D eigenvalue weighted by molar-refractivity contribution is 0.185. The zero-order valence-corrected chi connectivity index (χ0v) is 12.9. The first-order chi connectivity index (χ1) is 8.09. The lowest BCUT2D eigenvalue weighted by Gasteiger charge is -2.33. The molecule has 0 radical (unpaired) electrons. The fourth-order valence-corrected chi connectivity index (χ4v) is 3.33. The summed E-state index contributed by atoms with van der Waals surface area (Å²) >= 11 is 6.76. The van der Waals surface area contributed by atoms with Crippen molar-refractivity contribution in [3.63, 3.8) is 0 Å². The summed E-state index contributed by atoms with van der Waals surface area (Å²) in [6, 6.07) is 4.35. The molecule has 0 unspecified atom stereocenters. The van der Waals surface area contributed by atoms with Crippen LogP contribution in [0, 0.1) is 0 Å². The van der Waals surface area contributed by atoms with Crippen LogP contribution >= 0.6 is 31.9 Å². The summed E-state index contributed by atoms with van der Waals surface area (Å²) in [5.41, 5.74) is 1.21. The van der Waals surface area contributed by atoms with Gasteiger partial charge in [0.25, 0.3) is 0 Å². The summed E-state index contributed by atoms with van der Waals surface area (Å²) < 4.78 is 1.48. The third-order valence-electron chi connectivity index (χ3n) is 3.22. The molecule has 0 aliphatic carbocycles. The van der Waals surface area contributed by atoms with Gasteiger partial charge < -0.3 is 10.4 Å². The highest BCUT2D eigenvalue weighted by molar-refractivity contribution is 9.11. The highest BCUT2D eigenvalue weighted by Crippen LogP contribution is 2.36. The Labute approximate surface area is 118 Å². The average molecular weight is 364 g/mol. The minimum atomic E-state index is 0.265. The smallest absolute Gasteiger partial charge is 0.143 e. The van der Waals surface area contributed by atoms with E-state index in [0.717, 1.165) is 35.1 Å². The number of nitrogens with zero attached hydrogens (tertiary/aromatic N) is 1. The van der Waals surface area contributed by atoms with Crippen LogP contribution in [0.2, 0.25) is 0 Å². The van der Waals surface area contributed by atoms with Gasteiger partial charge in [-0.2, -0.15) is 0 Å². The molecule has 3 nitrogen and oxygen atoms in total. The summed E-state index contributed by atoms with van der Waals surface area (Å²) in [5.74, 6) is 0.265. The van der Waals surface area contributed by atoms with Crippen molar-refractivity contribution in [1.82, 2.24) is 10.2 Å². The van der Waals surface area contributed by atoms with Crippen molar-refractivity contribution in [2.75, 3.05) is 26.2 Å². The van der Waals surface area contributed by atoms with Crippen LogP contribution in [0.4, 0.5) is 0 Å². The zero-order valence-electron chi connectivity index (χ0n) is 9.71. The molecule has 0 saturated carbocycles. The first-order valence-electron chi connectivity index (χ1n) is 5.72. The Balaban J connectivity index is 2.21. The molecule has 1 aromatic carbocycles. The van der Waals surface area contributed by atoms with E-state index in [1.54, 1.807) is 0 Å². The Hall–Kier alpha value is -0.100. The van der Waals surface area contributed by atoms with Crippen LogP contribution in [-0.4, -0.2) is 36.2 Å². The van der Waals surface area contributed by atoms with Crippen LogP contribution in [0.15, 0.2) is 21.1 Å². The molecule has 2 rings (SSSR count). The van der Waals surface area contributed by atoms with Crippen LogP contribution < -0.4 is 5.32 Å². The molecule has 1 aliphatic rings. The number of benzene rings is 1. The van der Waals surface area contributed by atoms with Crippen molar-refractivity contribution < 1.29 is 5.11 Å². The second-order valence-corrected chi connectivity index (χ2v) is 6.00. The van der Waals surface area contributed by atoms with E-state index < -0.39 is 0 Å². The molecule has 0 bridgehead atoms. The van der Waals surface area contributed by atoms with Gasteiger partial charge in [-0.15, -0.1) is 0 Å². The average Bonchev–Trinajstić information content (AvgIpc) is 2.35. The number of aromatic hydroxyl groups is 1. The summed E-state index contributed by atoms with van der Waals surface area (Å²) in [6.45, 7) is 6.43. The topological polar surface area (TPSA) is 35.5 Å². The molecule has 1 atom stereocenters. The molecule has 0 amide bonds. The van der Waals surface area contributed by atoms with Crippen molar-refractivity contribution >= 4 is 31.9 Å². The molecule has 5 heteroatoms. The van der Waals surface area contributed by atoms with Gasteiger partial charge in [0.05, 0.1) is 8.95 Å². The number of hydrogen-bond donors (Lipinski definition) is 2. The molecule has 17 heavy (non-hydrogen) atoms. The van der Waals surface area contributed by atoms with Gasteiger partial charge in [0.15, 0.2) is 0 Å². The van der Waals surface area contributed by atoms with Gasteiger partial charge in [0.2, 0.25) is 0 Å². The van der Waals surface area contributed by atoms with Gasteiger partial charge in [-0.25, -0.2) is 0 Å². The quantitative estimate of drug-likeness (QED) is 0.848. The normalized spacial score (nSPS) is 19.2. The monoisotopic (exact) mass is 362 g/mol. The van der Waals surface area contributed by atoms with E-state index in [1.807, 2.05) is 12.1 Å². The van der Waals surface area contributed by atoms with E-state index in [4.69, 9.17) is 0 Å². The lowest BCUT2D eigenvalue weighted by Crippen LogP contribution is -2.44. The molecule has 1 heterocycles. The fourth-order valence-electron chi connectivity index (χ4n) is 2.11. The highest BCUT2D eigenvalue weighted by atomic mass is 79.9. The van der Waals surface area contributed by atoms with Crippen LogP contribution in [0.3, 0.4) is 0 Å². The van der Waals surface area contributed by atoms with Gasteiger partial charge in [-0.3, -0.25) is 4.90 Å². The predicted octanol–water partition coefficient (Wildman–Crippen LogP) is 2.88. The Kier molecular flexibility index (Phi) is 4.47. The van der Waals surface area contributed by atoms with Crippen molar-refractivity contribution in [1.29, 1.82) is 0 Å². The minimum absolute atomic E-state index is 0.265. The third kappa shape index (κ3) is 3.02. The number of rotatable bonds is 2. The Morgan fingerprint density at radius 3 is 2.29 bits per heavy atom. The van der Waals surface area contributed by atoms with Crippen molar-refractivity contribution in [2.24, 2.45) is 0 Å². The lowest BCUT2D eigenvalue weighted by atomic mass is 10.1. The molecule has 1 saturated heterocycles. The van der Waals surface area contributed by atoms with Gasteiger partial charge in [-0.05, 0) is 56.5 Å². The van der Waals surface area contributed by atoms with E-state index >= 15 is 0 Å². The molecular weight excluding hydrogens is 348 g/mol. The number of phenols is 1. The molecule has 2 N–H and O–H groups in total. The maximum atomic E-state index is 9.71. The minimum Gasteiger partial charge on any atom is -0.506 e. The molecule has 94 valence electrons. The second-order valence-electron chi connectivity index (χ2n) is 4.30. The summed E-state index contributed by atoms with van der Waals surface area (Å²) in [5, 5.41) is 13.1. The van der Waals surface area contributed by atoms with E-state index in [-0.39, 0.29) is 5.75 Å². The SMILES string of the molecule is C[C@H](c1cc(Br)c(O)c(Br)c1)N1CCNCC1. The van der Waals surface area contributed by atoms with Crippen LogP contribution in [0.1, 0.15) is 18.5 Å². The first-order valence-corrected chi connectivity index (χ1v) is 7.31. The number of halogens is 2. The molecule has 1 fully saturated rings.